The van der Waals surface area contributed by atoms with E-state index < -0.39 is 0 Å². The zero-order chi connectivity index (χ0) is 7.23. The molecular weight excluding hydrogens is 154 g/mol. The summed E-state index contributed by atoms with van der Waals surface area (Å²) in [4.78, 5) is 3.65. The molecule has 1 rings (SSSR count). The van der Waals surface area contributed by atoms with Crippen LogP contribution in [0.2, 0.25) is 0 Å². The Bertz CT molecular complexity index is 182. The van der Waals surface area contributed by atoms with Crippen LogP contribution in [-0.4, -0.2) is 5.26 Å². The van der Waals surface area contributed by atoms with E-state index in [1.165, 1.54) is 0 Å². The summed E-state index contributed by atoms with van der Waals surface area (Å²) >= 11 is 0.917. The van der Waals surface area contributed by atoms with Crippen molar-refractivity contribution >= 4 is 12.0 Å². The van der Waals surface area contributed by atoms with Crippen LogP contribution in [0.1, 0.15) is 0 Å². The minimum atomic E-state index is 0.816. The number of nitrogens with one attached hydrogen (secondary N) is 1. The third-order valence-electron chi connectivity index (χ3n) is 0.839. The predicted molar refractivity (Wildman–Crippen MR) is 33.7 cm³/mol. The van der Waals surface area contributed by atoms with Crippen LogP contribution in [0.15, 0.2) is 29.4 Å². The molecule has 0 aliphatic rings. The number of pyridine rings is 1. The van der Waals surface area contributed by atoms with Crippen molar-refractivity contribution in [3.8, 4) is 0 Å². The van der Waals surface area contributed by atoms with E-state index in [-0.39, 0.29) is 0 Å². The molecule has 1 aromatic rings. The lowest BCUT2D eigenvalue weighted by Crippen LogP contribution is -1.97. The van der Waals surface area contributed by atoms with Crippen LogP contribution in [0.3, 0.4) is 0 Å². The first-order chi connectivity index (χ1) is 4.93. The summed E-state index contributed by atoms with van der Waals surface area (Å²) in [6.45, 7) is 0. The van der Waals surface area contributed by atoms with Gasteiger partial charge in [-0.25, -0.2) is 10.2 Å². The molecule has 54 valence electrons. The maximum absolute atomic E-state index is 7.77. The fourth-order valence-electron chi connectivity index (χ4n) is 0.483. The molecule has 0 atom stereocenters. The Balaban J connectivity index is 2.43. The third kappa shape index (κ3) is 2.32. The number of hydrogen-bond donors (Lipinski definition) is 1. The molecule has 1 aromatic heterocycles. The van der Waals surface area contributed by atoms with Gasteiger partial charge in [-0.1, -0.05) is 5.04 Å². The smallest absolute Gasteiger partial charge is 0.183 e. The monoisotopic (exact) mass is 160 g/mol. The molecule has 0 saturated heterocycles. The SMILES string of the molecule is OOOSc1ccc[nH+]c1. The van der Waals surface area contributed by atoms with Gasteiger partial charge in [0.25, 0.3) is 0 Å². The lowest BCUT2D eigenvalue weighted by molar-refractivity contribution is -0.432. The maximum Gasteiger partial charge on any atom is 0.183 e. The molecule has 0 unspecified atom stereocenters. The fourth-order valence-corrected chi connectivity index (χ4v) is 0.842. The Morgan fingerprint density at radius 1 is 1.60 bits per heavy atom. The van der Waals surface area contributed by atoms with E-state index in [1.807, 2.05) is 6.07 Å². The van der Waals surface area contributed by atoms with Crippen LogP contribution in [0.5, 0.6) is 0 Å². The number of rotatable bonds is 3. The molecule has 0 spiro atoms. The summed E-state index contributed by atoms with van der Waals surface area (Å²) in [5, 5.41) is 11.2. The van der Waals surface area contributed by atoms with E-state index >= 15 is 0 Å². The standard InChI is InChI=1S/C5H5NO3S/c7-8-9-10-5-2-1-3-6-4-5/h1-4,7H/p+1. The van der Waals surface area contributed by atoms with Gasteiger partial charge in [0.1, 0.15) is 4.90 Å². The van der Waals surface area contributed by atoms with E-state index in [1.54, 1.807) is 18.5 Å². The highest BCUT2D eigenvalue weighted by molar-refractivity contribution is 7.94. The zero-order valence-corrected chi connectivity index (χ0v) is 5.80. The summed E-state index contributed by atoms with van der Waals surface area (Å²) in [6.07, 6.45) is 3.48. The molecule has 1 heterocycles. The number of aromatic amines is 1. The van der Waals surface area contributed by atoms with Gasteiger partial charge in [-0.2, -0.15) is 0 Å². The molecule has 0 aliphatic carbocycles. The topological polar surface area (TPSA) is 52.8 Å². The Morgan fingerprint density at radius 2 is 2.50 bits per heavy atom. The average molecular weight is 160 g/mol. The highest BCUT2D eigenvalue weighted by atomic mass is 32.2. The highest BCUT2D eigenvalue weighted by Gasteiger charge is 1.95. The first-order valence-corrected chi connectivity index (χ1v) is 3.28. The molecule has 0 aromatic carbocycles. The quantitative estimate of drug-likeness (QED) is 0.406. The van der Waals surface area contributed by atoms with Crippen LogP contribution in [-0.2, 0) is 9.37 Å². The molecule has 0 aliphatic heterocycles. The van der Waals surface area contributed by atoms with Gasteiger partial charge in [-0.3, -0.25) is 0 Å². The van der Waals surface area contributed by atoms with Gasteiger partial charge in [-0.15, -0.1) is 4.33 Å². The van der Waals surface area contributed by atoms with Gasteiger partial charge < -0.3 is 0 Å². The predicted octanol–water partition coefficient (Wildman–Crippen LogP) is 0.929. The summed E-state index contributed by atoms with van der Waals surface area (Å²) in [5.74, 6) is 0. The van der Waals surface area contributed by atoms with Crippen LogP contribution >= 0.6 is 12.0 Å². The van der Waals surface area contributed by atoms with E-state index in [9.17, 15) is 0 Å². The number of hydrogen-bond acceptors (Lipinski definition) is 4. The number of aromatic nitrogens is 1. The molecule has 0 fully saturated rings. The van der Waals surface area contributed by atoms with Crippen LogP contribution in [0, 0.1) is 0 Å². The van der Waals surface area contributed by atoms with Crippen molar-refractivity contribution in [3.05, 3.63) is 24.5 Å². The normalized spacial score (nSPS) is 9.70. The Labute approximate surface area is 61.9 Å². The van der Waals surface area contributed by atoms with E-state index in [0.717, 1.165) is 16.9 Å². The molecule has 4 nitrogen and oxygen atoms in total. The molecule has 0 saturated carbocycles. The van der Waals surface area contributed by atoms with Crippen molar-refractivity contribution < 1.29 is 19.6 Å². The van der Waals surface area contributed by atoms with Crippen LogP contribution < -0.4 is 4.98 Å². The van der Waals surface area contributed by atoms with Gasteiger partial charge in [0.15, 0.2) is 12.4 Å². The molecule has 2 N–H and O–H groups in total. The minimum Gasteiger partial charge on any atom is -0.220 e. The molecule has 10 heavy (non-hydrogen) atoms. The molecule has 0 amide bonds. The fraction of sp³-hybridized carbons (Fsp3) is 0. The summed E-state index contributed by atoms with van der Waals surface area (Å²) in [7, 11) is 0. The molecule has 5 heteroatoms. The summed E-state index contributed by atoms with van der Waals surface area (Å²) in [6, 6.07) is 3.61. The lowest BCUT2D eigenvalue weighted by Gasteiger charge is -1.90. The first-order valence-electron chi connectivity index (χ1n) is 2.54. The van der Waals surface area contributed by atoms with Crippen LogP contribution in [0.25, 0.3) is 0 Å². The second-order valence-electron chi connectivity index (χ2n) is 1.47. The van der Waals surface area contributed by atoms with Gasteiger partial charge in [-0.05, 0) is 6.07 Å². The summed E-state index contributed by atoms with van der Waals surface area (Å²) < 4.78 is 4.17. The molecule has 0 radical (unpaired) electrons. The van der Waals surface area contributed by atoms with Crippen molar-refractivity contribution in [2.24, 2.45) is 0 Å². The second-order valence-corrected chi connectivity index (χ2v) is 2.24. The zero-order valence-electron chi connectivity index (χ0n) is 4.98. The van der Waals surface area contributed by atoms with Gasteiger partial charge >= 0.3 is 0 Å². The minimum absolute atomic E-state index is 0.816. The van der Waals surface area contributed by atoms with Crippen LogP contribution in [0.4, 0.5) is 0 Å². The van der Waals surface area contributed by atoms with Crippen molar-refractivity contribution in [2.75, 3.05) is 0 Å². The highest BCUT2D eigenvalue weighted by Crippen LogP contribution is 2.15. The van der Waals surface area contributed by atoms with E-state index in [0.29, 0.717) is 0 Å². The van der Waals surface area contributed by atoms with E-state index in [2.05, 4.69) is 14.4 Å². The van der Waals surface area contributed by atoms with Crippen molar-refractivity contribution in [2.45, 2.75) is 4.90 Å². The molecular formula is C5H6NO3S+. The number of H-pyrrole nitrogens is 1. The largest absolute Gasteiger partial charge is 0.220 e. The van der Waals surface area contributed by atoms with Crippen molar-refractivity contribution in [1.29, 1.82) is 0 Å². The lowest BCUT2D eigenvalue weighted by atomic mass is 10.5. The van der Waals surface area contributed by atoms with Gasteiger partial charge in [0.05, 0.1) is 12.0 Å². The molecule has 0 bridgehead atoms. The Morgan fingerprint density at radius 3 is 3.10 bits per heavy atom. The second kappa shape index (κ2) is 4.24. The third-order valence-corrected chi connectivity index (χ3v) is 1.41. The maximum atomic E-state index is 7.77. The Kier molecular flexibility index (Phi) is 3.17. The van der Waals surface area contributed by atoms with Crippen molar-refractivity contribution in [3.63, 3.8) is 0 Å². The first kappa shape index (κ1) is 7.49. The average Bonchev–Trinajstić information content (AvgIpc) is 2.03. The van der Waals surface area contributed by atoms with Gasteiger partial charge in [0.2, 0.25) is 0 Å². The summed E-state index contributed by atoms with van der Waals surface area (Å²) in [5.41, 5.74) is 0. The Hall–Kier alpha value is -0.620. The van der Waals surface area contributed by atoms with Crippen molar-refractivity contribution in [1.82, 2.24) is 0 Å². The van der Waals surface area contributed by atoms with E-state index in [4.69, 9.17) is 5.26 Å². The van der Waals surface area contributed by atoms with Gasteiger partial charge in [0, 0.05) is 6.07 Å².